The molecule has 2 aromatic rings. The maximum atomic E-state index is 12.6. The van der Waals surface area contributed by atoms with Crippen molar-refractivity contribution in [2.24, 2.45) is 0 Å². The van der Waals surface area contributed by atoms with E-state index >= 15 is 0 Å². The van der Waals surface area contributed by atoms with Crippen LogP contribution in [0, 0.1) is 0 Å². The summed E-state index contributed by atoms with van der Waals surface area (Å²) in [6.45, 7) is 1.93. The Morgan fingerprint density at radius 1 is 1.19 bits per heavy atom. The van der Waals surface area contributed by atoms with E-state index < -0.39 is 0 Å². The van der Waals surface area contributed by atoms with E-state index in [1.807, 2.05) is 16.7 Å². The average molecular weight is 357 g/mol. The van der Waals surface area contributed by atoms with Crippen molar-refractivity contribution in [2.45, 2.75) is 32.4 Å². The summed E-state index contributed by atoms with van der Waals surface area (Å²) in [5.41, 5.74) is 2.13. The molecule has 3 rings (SSSR count). The fraction of sp³-hybridized carbons (Fsp3) is 0.444. The molecule has 26 heavy (non-hydrogen) atoms. The number of rotatable bonds is 7. The van der Waals surface area contributed by atoms with Crippen LogP contribution in [0.3, 0.4) is 0 Å². The molecular formula is C18H23N5O3. The lowest BCUT2D eigenvalue weighted by Crippen LogP contribution is -2.28. The van der Waals surface area contributed by atoms with Crippen molar-refractivity contribution in [1.82, 2.24) is 25.2 Å². The number of fused-ring (bicyclic) bond motifs is 1. The monoisotopic (exact) mass is 357 g/mol. The maximum absolute atomic E-state index is 12.6. The second kappa shape index (κ2) is 8.57. The number of nitrogens with zero attached hydrogens (tertiary/aromatic N) is 3. The first-order chi connectivity index (χ1) is 12.7. The minimum absolute atomic E-state index is 0.263. The molecule has 0 aromatic carbocycles. The standard InChI is InChI=1S/C18H23N5O3/c1-26-11-9-20-17(24)15-14-4-2-3-10-23(14)16(22-15)18(25)21-12-13-5-7-19-8-6-13/h5-8H,2-4,9-12H2,1H3,(H,20,24)(H,21,25). The fourth-order valence-electron chi connectivity index (χ4n) is 3.01. The van der Waals surface area contributed by atoms with Gasteiger partial charge in [0.1, 0.15) is 5.69 Å². The first-order valence-corrected chi connectivity index (χ1v) is 8.74. The van der Waals surface area contributed by atoms with Crippen molar-refractivity contribution in [1.29, 1.82) is 0 Å². The van der Waals surface area contributed by atoms with Crippen LogP contribution in [0.15, 0.2) is 24.5 Å². The van der Waals surface area contributed by atoms with Gasteiger partial charge in [0.05, 0.1) is 12.3 Å². The molecule has 0 aliphatic carbocycles. The van der Waals surface area contributed by atoms with Crippen molar-refractivity contribution < 1.29 is 14.3 Å². The summed E-state index contributed by atoms with van der Waals surface area (Å²) in [5, 5.41) is 5.65. The quantitative estimate of drug-likeness (QED) is 0.718. The molecule has 0 spiro atoms. The Balaban J connectivity index is 1.76. The van der Waals surface area contributed by atoms with Crippen LogP contribution in [0.5, 0.6) is 0 Å². The van der Waals surface area contributed by atoms with Gasteiger partial charge in [-0.25, -0.2) is 4.98 Å². The van der Waals surface area contributed by atoms with Gasteiger partial charge in [-0.15, -0.1) is 0 Å². The molecule has 0 saturated heterocycles. The Bertz CT molecular complexity index is 773. The van der Waals surface area contributed by atoms with Gasteiger partial charge in [0, 0.05) is 39.1 Å². The smallest absolute Gasteiger partial charge is 0.287 e. The molecule has 0 fully saturated rings. The Morgan fingerprint density at radius 2 is 2.00 bits per heavy atom. The van der Waals surface area contributed by atoms with Crippen LogP contribution in [0.25, 0.3) is 0 Å². The largest absolute Gasteiger partial charge is 0.383 e. The van der Waals surface area contributed by atoms with Crippen LogP contribution in [0.1, 0.15) is 45.2 Å². The molecule has 0 bridgehead atoms. The number of carbonyl (C=O) groups excluding carboxylic acids is 2. The summed E-state index contributed by atoms with van der Waals surface area (Å²) in [6.07, 6.45) is 6.07. The zero-order valence-electron chi connectivity index (χ0n) is 14.8. The van der Waals surface area contributed by atoms with Crippen molar-refractivity contribution in [3.05, 3.63) is 47.3 Å². The van der Waals surface area contributed by atoms with E-state index in [-0.39, 0.29) is 11.8 Å². The molecule has 0 saturated carbocycles. The first kappa shape index (κ1) is 18.1. The van der Waals surface area contributed by atoms with Gasteiger partial charge in [0.15, 0.2) is 5.82 Å². The SMILES string of the molecule is COCCNC(=O)c1nc(C(=O)NCc2ccncc2)n2c1CCCC2. The van der Waals surface area contributed by atoms with Gasteiger partial charge in [-0.3, -0.25) is 14.6 Å². The molecule has 3 heterocycles. The highest BCUT2D eigenvalue weighted by atomic mass is 16.5. The van der Waals surface area contributed by atoms with Crippen LogP contribution >= 0.6 is 0 Å². The second-order valence-corrected chi connectivity index (χ2v) is 6.13. The average Bonchev–Trinajstić information content (AvgIpc) is 3.07. The minimum atomic E-state index is -0.277. The summed E-state index contributed by atoms with van der Waals surface area (Å²) in [5.74, 6) is -0.243. The molecule has 138 valence electrons. The van der Waals surface area contributed by atoms with E-state index in [0.717, 1.165) is 30.5 Å². The van der Waals surface area contributed by atoms with Crippen LogP contribution in [0.4, 0.5) is 0 Å². The molecular weight excluding hydrogens is 334 g/mol. The second-order valence-electron chi connectivity index (χ2n) is 6.13. The number of imidazole rings is 1. The number of aromatic nitrogens is 3. The highest BCUT2D eigenvalue weighted by Gasteiger charge is 2.27. The lowest BCUT2D eigenvalue weighted by atomic mass is 10.1. The van der Waals surface area contributed by atoms with Crippen molar-refractivity contribution in [3.63, 3.8) is 0 Å². The summed E-state index contributed by atoms with van der Waals surface area (Å²) in [4.78, 5) is 33.4. The van der Waals surface area contributed by atoms with Crippen LogP contribution in [0.2, 0.25) is 0 Å². The topological polar surface area (TPSA) is 98.1 Å². The van der Waals surface area contributed by atoms with E-state index in [1.165, 1.54) is 0 Å². The third-order valence-corrected chi connectivity index (χ3v) is 4.33. The summed E-state index contributed by atoms with van der Waals surface area (Å²) >= 11 is 0. The third kappa shape index (κ3) is 4.08. The van der Waals surface area contributed by atoms with E-state index in [0.29, 0.717) is 37.8 Å². The number of hydrogen-bond donors (Lipinski definition) is 2. The fourth-order valence-corrected chi connectivity index (χ4v) is 3.01. The predicted octanol–water partition coefficient (Wildman–Crippen LogP) is 0.921. The Morgan fingerprint density at radius 3 is 2.77 bits per heavy atom. The van der Waals surface area contributed by atoms with Gasteiger partial charge in [0.2, 0.25) is 0 Å². The highest BCUT2D eigenvalue weighted by Crippen LogP contribution is 2.21. The van der Waals surface area contributed by atoms with Gasteiger partial charge >= 0.3 is 0 Å². The number of hydrogen-bond acceptors (Lipinski definition) is 5. The number of carbonyl (C=O) groups is 2. The molecule has 0 unspecified atom stereocenters. The zero-order valence-corrected chi connectivity index (χ0v) is 14.8. The maximum Gasteiger partial charge on any atom is 0.287 e. The first-order valence-electron chi connectivity index (χ1n) is 8.74. The Labute approximate surface area is 152 Å². The summed E-state index contributed by atoms with van der Waals surface area (Å²) < 4.78 is 6.82. The zero-order chi connectivity index (χ0) is 18.4. The molecule has 1 aliphatic heterocycles. The molecule has 8 heteroatoms. The molecule has 0 radical (unpaired) electrons. The molecule has 8 nitrogen and oxygen atoms in total. The predicted molar refractivity (Wildman–Crippen MR) is 94.8 cm³/mol. The lowest BCUT2D eigenvalue weighted by molar-refractivity contribution is 0.0931. The number of pyridine rings is 1. The highest BCUT2D eigenvalue weighted by molar-refractivity contribution is 5.97. The van der Waals surface area contributed by atoms with Crippen LogP contribution in [-0.4, -0.2) is 46.6 Å². The van der Waals surface area contributed by atoms with Gasteiger partial charge < -0.3 is 19.9 Å². The minimum Gasteiger partial charge on any atom is -0.383 e. The van der Waals surface area contributed by atoms with E-state index in [4.69, 9.17) is 4.74 Å². The van der Waals surface area contributed by atoms with Gasteiger partial charge in [0.25, 0.3) is 11.8 Å². The van der Waals surface area contributed by atoms with Crippen LogP contribution in [-0.2, 0) is 24.2 Å². The Kier molecular flexibility index (Phi) is 5.96. The molecule has 0 atom stereocenters. The third-order valence-electron chi connectivity index (χ3n) is 4.33. The van der Waals surface area contributed by atoms with Crippen molar-refractivity contribution in [2.75, 3.05) is 20.3 Å². The Hall–Kier alpha value is -2.74. The number of amides is 2. The number of ether oxygens (including phenoxy) is 1. The van der Waals surface area contributed by atoms with Crippen molar-refractivity contribution in [3.8, 4) is 0 Å². The molecule has 1 aliphatic rings. The van der Waals surface area contributed by atoms with Gasteiger partial charge in [-0.1, -0.05) is 0 Å². The van der Waals surface area contributed by atoms with Gasteiger partial charge in [-0.2, -0.15) is 0 Å². The normalized spacial score (nSPS) is 13.1. The summed E-state index contributed by atoms with van der Waals surface area (Å²) in [7, 11) is 1.58. The lowest BCUT2D eigenvalue weighted by Gasteiger charge is -2.17. The van der Waals surface area contributed by atoms with Crippen LogP contribution < -0.4 is 10.6 Å². The van der Waals surface area contributed by atoms with E-state index in [2.05, 4.69) is 20.6 Å². The molecule has 2 aromatic heterocycles. The molecule has 2 amide bonds. The van der Waals surface area contributed by atoms with E-state index in [1.54, 1.807) is 19.5 Å². The summed E-state index contributed by atoms with van der Waals surface area (Å²) in [6, 6.07) is 3.69. The molecule has 2 N–H and O–H groups in total. The van der Waals surface area contributed by atoms with Crippen molar-refractivity contribution >= 4 is 11.8 Å². The number of nitrogens with one attached hydrogen (secondary N) is 2. The van der Waals surface area contributed by atoms with E-state index in [9.17, 15) is 9.59 Å². The number of methoxy groups -OCH3 is 1. The van der Waals surface area contributed by atoms with Gasteiger partial charge in [-0.05, 0) is 37.0 Å².